The summed E-state index contributed by atoms with van der Waals surface area (Å²) in [7, 11) is 0. The molecule has 1 amide bonds. The number of rotatable bonds is 2. The fraction of sp³-hybridized carbons (Fsp3) is 0.364. The number of carbonyl (C=O) groups is 2. The summed E-state index contributed by atoms with van der Waals surface area (Å²) in [6, 6.07) is 1.29. The van der Waals surface area contributed by atoms with Gasteiger partial charge in [-0.25, -0.2) is 14.6 Å². The molecule has 18 heavy (non-hydrogen) atoms. The number of hydrogen-bond acceptors (Lipinski definition) is 4. The lowest BCUT2D eigenvalue weighted by atomic mass is 10.2. The predicted molar refractivity (Wildman–Crippen MR) is 68.8 cm³/mol. The molecule has 0 unspecified atom stereocenters. The molecule has 0 radical (unpaired) electrons. The van der Waals surface area contributed by atoms with Gasteiger partial charge < -0.3 is 9.84 Å². The van der Waals surface area contributed by atoms with E-state index in [0.717, 1.165) is 0 Å². The molecule has 0 bridgehead atoms. The van der Waals surface area contributed by atoms with Crippen molar-refractivity contribution in [2.45, 2.75) is 26.4 Å². The smallest absolute Gasteiger partial charge is 0.412 e. The van der Waals surface area contributed by atoms with E-state index in [1.807, 2.05) is 0 Å². The minimum absolute atomic E-state index is 0.0384. The number of amides is 1. The average Bonchev–Trinajstić information content (AvgIpc) is 2.17. The maximum Gasteiger partial charge on any atom is 0.412 e. The zero-order valence-electron chi connectivity index (χ0n) is 10.2. The molecule has 2 N–H and O–H groups in total. The largest absolute Gasteiger partial charge is 0.478 e. The Balaban J connectivity index is 2.83. The Kier molecular flexibility index (Phi) is 4.28. The summed E-state index contributed by atoms with van der Waals surface area (Å²) in [5.74, 6) is -1.14. The molecule has 7 heteroatoms. The number of aromatic nitrogens is 1. The second-order valence-electron chi connectivity index (χ2n) is 4.49. The van der Waals surface area contributed by atoms with Crippen molar-refractivity contribution in [3.8, 4) is 0 Å². The SMILES string of the molecule is CC(C)(C)OC(=O)Nc1cnc(Br)c(C(=O)O)c1. The van der Waals surface area contributed by atoms with Crippen LogP contribution >= 0.6 is 15.9 Å². The van der Waals surface area contributed by atoms with Crippen molar-refractivity contribution in [3.63, 3.8) is 0 Å². The third-order valence-corrected chi connectivity index (χ3v) is 2.35. The summed E-state index contributed by atoms with van der Waals surface area (Å²) < 4.78 is 5.23. The van der Waals surface area contributed by atoms with Gasteiger partial charge in [-0.2, -0.15) is 0 Å². The molecular formula is C11H13BrN2O4. The summed E-state index contributed by atoms with van der Waals surface area (Å²) in [6.45, 7) is 5.19. The lowest BCUT2D eigenvalue weighted by Gasteiger charge is -2.19. The van der Waals surface area contributed by atoms with Crippen LogP contribution in [0.4, 0.5) is 10.5 Å². The number of carbonyl (C=O) groups excluding carboxylic acids is 1. The van der Waals surface area contributed by atoms with E-state index in [4.69, 9.17) is 9.84 Å². The van der Waals surface area contributed by atoms with Crippen LogP contribution in [0.5, 0.6) is 0 Å². The molecule has 0 saturated carbocycles. The van der Waals surface area contributed by atoms with Crippen molar-refractivity contribution < 1.29 is 19.4 Å². The van der Waals surface area contributed by atoms with Gasteiger partial charge >= 0.3 is 12.1 Å². The van der Waals surface area contributed by atoms with Gasteiger partial charge in [0.1, 0.15) is 10.2 Å². The molecule has 0 aliphatic rings. The second-order valence-corrected chi connectivity index (χ2v) is 5.25. The van der Waals surface area contributed by atoms with Gasteiger partial charge in [-0.3, -0.25) is 5.32 Å². The van der Waals surface area contributed by atoms with E-state index in [0.29, 0.717) is 0 Å². The Morgan fingerprint density at radius 3 is 2.56 bits per heavy atom. The highest BCUT2D eigenvalue weighted by Gasteiger charge is 2.17. The minimum Gasteiger partial charge on any atom is -0.478 e. The van der Waals surface area contributed by atoms with E-state index < -0.39 is 17.7 Å². The molecule has 0 atom stereocenters. The van der Waals surface area contributed by atoms with Crippen LogP contribution in [-0.2, 0) is 4.74 Å². The van der Waals surface area contributed by atoms with E-state index in [1.165, 1.54) is 12.3 Å². The first-order valence-corrected chi connectivity index (χ1v) is 5.87. The Labute approximate surface area is 112 Å². The van der Waals surface area contributed by atoms with Crippen LogP contribution < -0.4 is 5.32 Å². The highest BCUT2D eigenvalue weighted by atomic mass is 79.9. The van der Waals surface area contributed by atoms with Crippen molar-refractivity contribution in [1.29, 1.82) is 0 Å². The van der Waals surface area contributed by atoms with Crippen LogP contribution in [0, 0.1) is 0 Å². The third kappa shape index (κ3) is 4.33. The van der Waals surface area contributed by atoms with E-state index in [-0.39, 0.29) is 15.9 Å². The third-order valence-electron chi connectivity index (χ3n) is 1.71. The highest BCUT2D eigenvalue weighted by Crippen LogP contribution is 2.18. The number of nitrogens with zero attached hydrogens (tertiary/aromatic N) is 1. The predicted octanol–water partition coefficient (Wildman–Crippen LogP) is 2.89. The van der Waals surface area contributed by atoms with Gasteiger partial charge in [0.05, 0.1) is 17.4 Å². The summed E-state index contributed by atoms with van der Waals surface area (Å²) in [4.78, 5) is 26.2. The van der Waals surface area contributed by atoms with Gasteiger partial charge in [0, 0.05) is 0 Å². The molecule has 0 aromatic carbocycles. The highest BCUT2D eigenvalue weighted by molar-refractivity contribution is 9.10. The van der Waals surface area contributed by atoms with Crippen LogP contribution in [-0.4, -0.2) is 27.8 Å². The Bertz CT molecular complexity index is 482. The lowest BCUT2D eigenvalue weighted by molar-refractivity contribution is 0.0632. The second kappa shape index (κ2) is 5.34. The average molecular weight is 317 g/mol. The molecule has 0 saturated heterocycles. The molecule has 6 nitrogen and oxygen atoms in total. The molecule has 98 valence electrons. The molecule has 0 aliphatic carbocycles. The fourth-order valence-electron chi connectivity index (χ4n) is 1.09. The number of carboxylic acids is 1. The van der Waals surface area contributed by atoms with Crippen molar-refractivity contribution in [3.05, 3.63) is 22.4 Å². The van der Waals surface area contributed by atoms with Crippen molar-refractivity contribution in [2.75, 3.05) is 5.32 Å². The first kappa shape index (κ1) is 14.4. The molecule has 1 heterocycles. The first-order chi connectivity index (χ1) is 8.19. The molecule has 1 aromatic rings. The first-order valence-electron chi connectivity index (χ1n) is 5.08. The molecule has 1 rings (SSSR count). The van der Waals surface area contributed by atoms with E-state index in [2.05, 4.69) is 26.2 Å². The quantitative estimate of drug-likeness (QED) is 0.819. The zero-order valence-corrected chi connectivity index (χ0v) is 11.7. The van der Waals surface area contributed by atoms with Crippen molar-refractivity contribution in [1.82, 2.24) is 4.98 Å². The number of halogens is 1. The molecule has 1 aromatic heterocycles. The summed E-state index contributed by atoms with van der Waals surface area (Å²) in [5, 5.41) is 11.3. The number of pyridine rings is 1. The van der Waals surface area contributed by atoms with Gasteiger partial charge in [0.25, 0.3) is 0 Å². The van der Waals surface area contributed by atoms with Crippen molar-refractivity contribution in [2.24, 2.45) is 0 Å². The number of anilines is 1. The fourth-order valence-corrected chi connectivity index (χ4v) is 1.47. The Morgan fingerprint density at radius 2 is 2.06 bits per heavy atom. The number of nitrogens with one attached hydrogen (secondary N) is 1. The van der Waals surface area contributed by atoms with E-state index in [1.54, 1.807) is 20.8 Å². The topological polar surface area (TPSA) is 88.5 Å². The molecule has 0 aliphatic heterocycles. The van der Waals surface area contributed by atoms with Crippen LogP contribution in [0.15, 0.2) is 16.9 Å². The van der Waals surface area contributed by atoms with Crippen LogP contribution in [0.1, 0.15) is 31.1 Å². The lowest BCUT2D eigenvalue weighted by Crippen LogP contribution is -2.27. The number of ether oxygens (including phenoxy) is 1. The Hall–Kier alpha value is -1.63. The summed E-state index contributed by atoms with van der Waals surface area (Å²) >= 11 is 3.01. The normalized spacial score (nSPS) is 10.9. The number of hydrogen-bond donors (Lipinski definition) is 2. The monoisotopic (exact) mass is 316 g/mol. The number of carboxylic acid groups (broad SMARTS) is 1. The van der Waals surface area contributed by atoms with Gasteiger partial charge in [-0.1, -0.05) is 0 Å². The summed E-state index contributed by atoms with van der Waals surface area (Å²) in [6.07, 6.45) is 0.670. The zero-order chi connectivity index (χ0) is 13.9. The standard InChI is InChI=1S/C11H13BrN2O4/c1-11(2,3)18-10(17)14-6-4-7(9(15)16)8(12)13-5-6/h4-5H,1-3H3,(H,14,17)(H,15,16). The molecular weight excluding hydrogens is 304 g/mol. The molecule has 0 spiro atoms. The minimum atomic E-state index is -1.14. The van der Waals surface area contributed by atoms with Crippen LogP contribution in [0.3, 0.4) is 0 Å². The van der Waals surface area contributed by atoms with E-state index >= 15 is 0 Å². The maximum absolute atomic E-state index is 11.5. The van der Waals surface area contributed by atoms with Crippen molar-refractivity contribution >= 4 is 33.7 Å². The van der Waals surface area contributed by atoms with Gasteiger partial charge in [-0.15, -0.1) is 0 Å². The number of aromatic carboxylic acids is 1. The van der Waals surface area contributed by atoms with Gasteiger partial charge in [0.15, 0.2) is 0 Å². The Morgan fingerprint density at radius 1 is 1.44 bits per heavy atom. The van der Waals surface area contributed by atoms with Crippen LogP contribution in [0.2, 0.25) is 0 Å². The maximum atomic E-state index is 11.5. The van der Waals surface area contributed by atoms with Gasteiger partial charge in [0.2, 0.25) is 0 Å². The van der Waals surface area contributed by atoms with E-state index in [9.17, 15) is 9.59 Å². The van der Waals surface area contributed by atoms with Gasteiger partial charge in [-0.05, 0) is 42.8 Å². The van der Waals surface area contributed by atoms with Crippen LogP contribution in [0.25, 0.3) is 0 Å². The molecule has 0 fully saturated rings. The summed E-state index contributed by atoms with van der Waals surface area (Å²) in [5.41, 5.74) is -0.406.